The van der Waals surface area contributed by atoms with Gasteiger partial charge in [0.25, 0.3) is 10.0 Å². The van der Waals surface area contributed by atoms with Crippen molar-refractivity contribution < 1.29 is 8.42 Å². The Hall–Kier alpha value is -1.94. The third-order valence-electron chi connectivity index (χ3n) is 2.76. The van der Waals surface area contributed by atoms with Gasteiger partial charge in [-0.3, -0.25) is 14.5 Å². The Balaban J connectivity index is 2.50. The minimum atomic E-state index is -3.80. The molecule has 0 bridgehead atoms. The van der Waals surface area contributed by atoms with Crippen LogP contribution in [-0.2, 0) is 17.1 Å². The molecule has 0 aliphatic heterocycles. The van der Waals surface area contributed by atoms with E-state index in [2.05, 4.69) is 20.0 Å². The number of H-pyrrole nitrogens is 1. The van der Waals surface area contributed by atoms with Gasteiger partial charge < -0.3 is 5.73 Å². The van der Waals surface area contributed by atoms with Gasteiger partial charge in [-0.2, -0.15) is 10.2 Å². The smallest absolute Gasteiger partial charge is 0.266 e. The summed E-state index contributed by atoms with van der Waals surface area (Å²) in [5.41, 5.74) is 6.75. The van der Waals surface area contributed by atoms with Crippen LogP contribution in [-0.4, -0.2) is 33.4 Å². The molecule has 0 atom stereocenters. The first-order valence-electron chi connectivity index (χ1n) is 5.60. The molecular formula is C10H14N6O2S2. The second-order valence-electron chi connectivity index (χ2n) is 4.26. The largest absolute Gasteiger partial charge is 0.389 e. The highest BCUT2D eigenvalue weighted by atomic mass is 32.2. The summed E-state index contributed by atoms with van der Waals surface area (Å²) in [5, 5.41) is 10.5. The lowest BCUT2D eigenvalue weighted by Crippen LogP contribution is -2.20. The van der Waals surface area contributed by atoms with Crippen LogP contribution in [0.5, 0.6) is 0 Å². The van der Waals surface area contributed by atoms with Crippen LogP contribution < -0.4 is 10.5 Å². The minimum absolute atomic E-state index is 0.0661. The zero-order valence-corrected chi connectivity index (χ0v) is 12.8. The van der Waals surface area contributed by atoms with Gasteiger partial charge in [0.2, 0.25) is 0 Å². The summed E-state index contributed by atoms with van der Waals surface area (Å²) in [4.78, 5) is 0.170. The summed E-state index contributed by atoms with van der Waals surface area (Å²) in [6.07, 6.45) is 1.41. The van der Waals surface area contributed by atoms with E-state index in [1.165, 1.54) is 10.9 Å². The third kappa shape index (κ3) is 2.39. The number of hydrogen-bond donors (Lipinski definition) is 3. The molecule has 10 heteroatoms. The second kappa shape index (κ2) is 4.87. The molecule has 0 saturated heterocycles. The Kier molecular flexibility index (Phi) is 3.52. The van der Waals surface area contributed by atoms with E-state index >= 15 is 0 Å². The summed E-state index contributed by atoms with van der Waals surface area (Å²) in [5.74, 6) is 0.220. The maximum absolute atomic E-state index is 12.4. The number of aromatic nitrogens is 4. The highest BCUT2D eigenvalue weighted by Gasteiger charge is 2.25. The zero-order chi connectivity index (χ0) is 15.1. The summed E-state index contributed by atoms with van der Waals surface area (Å²) < 4.78 is 28.7. The standard InChI is InChI=1S/C10H14N6O2S2/c1-5-8(6(2)14-13-5)20(17,18)15-10-7(9(11)19)4-12-16(10)3/h4,15H,1-3H3,(H2,11,19)(H,13,14). The number of nitrogens with one attached hydrogen (secondary N) is 2. The lowest BCUT2D eigenvalue weighted by atomic mass is 10.3. The lowest BCUT2D eigenvalue weighted by molar-refractivity contribution is 0.599. The average molecular weight is 314 g/mol. The van der Waals surface area contributed by atoms with E-state index in [1.54, 1.807) is 20.9 Å². The van der Waals surface area contributed by atoms with Crippen LogP contribution in [0, 0.1) is 13.8 Å². The molecule has 0 amide bonds. The van der Waals surface area contributed by atoms with E-state index in [0.717, 1.165) is 0 Å². The molecule has 0 spiro atoms. The molecule has 0 radical (unpaired) electrons. The van der Waals surface area contributed by atoms with Gasteiger partial charge in [0.05, 0.1) is 23.1 Å². The molecule has 0 aliphatic carbocycles. The lowest BCUT2D eigenvalue weighted by Gasteiger charge is -2.10. The van der Waals surface area contributed by atoms with Crippen molar-refractivity contribution in [2.24, 2.45) is 12.8 Å². The quantitative estimate of drug-likeness (QED) is 0.693. The number of aromatic amines is 1. The van der Waals surface area contributed by atoms with Crippen LogP contribution >= 0.6 is 12.2 Å². The van der Waals surface area contributed by atoms with Gasteiger partial charge in [-0.05, 0) is 13.8 Å². The number of aryl methyl sites for hydroxylation is 3. The Morgan fingerprint density at radius 3 is 2.65 bits per heavy atom. The summed E-state index contributed by atoms with van der Waals surface area (Å²) in [6.45, 7) is 3.24. The number of rotatable bonds is 4. The van der Waals surface area contributed by atoms with E-state index < -0.39 is 10.0 Å². The first-order chi connectivity index (χ1) is 9.24. The first kappa shape index (κ1) is 14.5. The number of hydrogen-bond acceptors (Lipinski definition) is 5. The van der Waals surface area contributed by atoms with Crippen molar-refractivity contribution in [1.82, 2.24) is 20.0 Å². The summed E-state index contributed by atoms with van der Waals surface area (Å²) >= 11 is 4.87. The molecular weight excluding hydrogens is 300 g/mol. The molecule has 2 rings (SSSR count). The van der Waals surface area contributed by atoms with E-state index in [0.29, 0.717) is 17.0 Å². The van der Waals surface area contributed by atoms with Crippen LogP contribution in [0.2, 0.25) is 0 Å². The molecule has 20 heavy (non-hydrogen) atoms. The molecule has 2 heterocycles. The number of nitrogens with two attached hydrogens (primary N) is 1. The molecule has 2 aromatic rings. The second-order valence-corrected chi connectivity index (χ2v) is 6.32. The number of thiocarbonyl (C=S) groups is 1. The van der Waals surface area contributed by atoms with E-state index in [-0.39, 0.29) is 15.7 Å². The number of nitrogens with zero attached hydrogens (tertiary/aromatic N) is 3. The highest BCUT2D eigenvalue weighted by Crippen LogP contribution is 2.22. The van der Waals surface area contributed by atoms with Crippen molar-refractivity contribution in [2.75, 3.05) is 4.72 Å². The predicted octanol–water partition coefficient (Wildman–Crippen LogP) is 0.195. The topological polar surface area (TPSA) is 119 Å². The first-order valence-corrected chi connectivity index (χ1v) is 7.49. The van der Waals surface area contributed by atoms with Crippen LogP contribution in [0.15, 0.2) is 11.1 Å². The van der Waals surface area contributed by atoms with Crippen LogP contribution in [0.25, 0.3) is 0 Å². The minimum Gasteiger partial charge on any atom is -0.389 e. The van der Waals surface area contributed by atoms with Crippen LogP contribution in [0.4, 0.5) is 5.82 Å². The van der Waals surface area contributed by atoms with Gasteiger partial charge in [0.1, 0.15) is 15.7 Å². The van der Waals surface area contributed by atoms with Gasteiger partial charge in [0, 0.05) is 7.05 Å². The molecule has 108 valence electrons. The van der Waals surface area contributed by atoms with Crippen molar-refractivity contribution in [3.8, 4) is 0 Å². The van der Waals surface area contributed by atoms with Crippen molar-refractivity contribution >= 4 is 33.0 Å². The Morgan fingerprint density at radius 1 is 1.50 bits per heavy atom. The highest BCUT2D eigenvalue weighted by molar-refractivity contribution is 7.92. The van der Waals surface area contributed by atoms with Gasteiger partial charge >= 0.3 is 0 Å². The average Bonchev–Trinajstić information content (AvgIpc) is 2.84. The van der Waals surface area contributed by atoms with Gasteiger partial charge in [0.15, 0.2) is 0 Å². The number of anilines is 1. The molecule has 8 nitrogen and oxygen atoms in total. The Morgan fingerprint density at radius 2 is 2.15 bits per heavy atom. The van der Waals surface area contributed by atoms with E-state index in [4.69, 9.17) is 18.0 Å². The van der Waals surface area contributed by atoms with E-state index in [1.807, 2.05) is 0 Å². The SMILES string of the molecule is Cc1n[nH]c(C)c1S(=O)(=O)Nc1c(C(N)=S)cnn1C. The molecule has 0 aliphatic rings. The molecule has 2 aromatic heterocycles. The number of sulfonamides is 1. The monoisotopic (exact) mass is 314 g/mol. The third-order valence-corrected chi connectivity index (χ3v) is 4.59. The van der Waals surface area contributed by atoms with Crippen LogP contribution in [0.3, 0.4) is 0 Å². The van der Waals surface area contributed by atoms with Gasteiger partial charge in [-0.15, -0.1) is 0 Å². The van der Waals surface area contributed by atoms with Gasteiger partial charge in [-0.25, -0.2) is 8.42 Å². The van der Waals surface area contributed by atoms with Crippen LogP contribution in [0.1, 0.15) is 17.0 Å². The fourth-order valence-electron chi connectivity index (χ4n) is 1.85. The maximum atomic E-state index is 12.4. The normalized spacial score (nSPS) is 11.6. The summed E-state index contributed by atoms with van der Waals surface area (Å²) in [6, 6.07) is 0. The van der Waals surface area contributed by atoms with Crippen molar-refractivity contribution in [1.29, 1.82) is 0 Å². The Labute approximate surface area is 121 Å². The molecule has 0 fully saturated rings. The van der Waals surface area contributed by atoms with Crippen molar-refractivity contribution in [2.45, 2.75) is 18.7 Å². The zero-order valence-electron chi connectivity index (χ0n) is 11.1. The predicted molar refractivity (Wildman–Crippen MR) is 78.0 cm³/mol. The van der Waals surface area contributed by atoms with Gasteiger partial charge in [-0.1, -0.05) is 12.2 Å². The fraction of sp³-hybridized carbons (Fsp3) is 0.300. The molecule has 0 saturated carbocycles. The molecule has 4 N–H and O–H groups in total. The Bertz CT molecular complexity index is 754. The van der Waals surface area contributed by atoms with Crippen molar-refractivity contribution in [3.05, 3.63) is 23.1 Å². The molecule has 0 unspecified atom stereocenters. The fourth-order valence-corrected chi connectivity index (χ4v) is 3.49. The summed E-state index contributed by atoms with van der Waals surface area (Å²) in [7, 11) is -2.21. The van der Waals surface area contributed by atoms with E-state index in [9.17, 15) is 8.42 Å². The van der Waals surface area contributed by atoms with Crippen molar-refractivity contribution in [3.63, 3.8) is 0 Å². The maximum Gasteiger partial charge on any atom is 0.266 e. The molecule has 0 aromatic carbocycles.